The van der Waals surface area contributed by atoms with Gasteiger partial charge in [0, 0.05) is 17.0 Å². The first-order valence-electron chi connectivity index (χ1n) is 9.19. The Balaban J connectivity index is 1.90. The van der Waals surface area contributed by atoms with Gasteiger partial charge in [0.25, 0.3) is 0 Å². The highest BCUT2D eigenvalue weighted by molar-refractivity contribution is 7.19. The molecule has 1 saturated heterocycles. The van der Waals surface area contributed by atoms with Crippen LogP contribution in [0.4, 0.5) is 5.82 Å². The Morgan fingerprint density at radius 1 is 1.36 bits per heavy atom. The summed E-state index contributed by atoms with van der Waals surface area (Å²) >= 11 is 7.73. The number of carbonyl (C=O) groups is 1. The Kier molecular flexibility index (Phi) is 5.12. The van der Waals surface area contributed by atoms with Crippen LogP contribution >= 0.6 is 22.9 Å². The Bertz CT molecular complexity index is 1040. The zero-order valence-electron chi connectivity index (χ0n) is 15.6. The molecule has 1 aliphatic rings. The molecule has 1 N–H and O–H groups in total. The summed E-state index contributed by atoms with van der Waals surface area (Å²) in [6.45, 7) is 5.24. The molecule has 3 heterocycles. The predicted molar refractivity (Wildman–Crippen MR) is 112 cm³/mol. The molecule has 1 fully saturated rings. The van der Waals surface area contributed by atoms with Crippen molar-refractivity contribution in [2.24, 2.45) is 0 Å². The van der Waals surface area contributed by atoms with Gasteiger partial charge in [-0.3, -0.25) is 0 Å². The molecular weight excluding hydrogens is 398 g/mol. The highest BCUT2D eigenvalue weighted by atomic mass is 35.5. The number of ether oxygens (including phenoxy) is 1. The van der Waals surface area contributed by atoms with Crippen molar-refractivity contribution in [3.63, 3.8) is 0 Å². The number of halogens is 1. The SMILES string of the molecule is CCOc1ccc(-c2c(C)sc3nc(Cl)nc(N4CCCC4C(=O)O)c23)cc1. The van der Waals surface area contributed by atoms with Gasteiger partial charge in [0.2, 0.25) is 5.28 Å². The van der Waals surface area contributed by atoms with Crippen LogP contribution in [0.5, 0.6) is 5.75 Å². The van der Waals surface area contributed by atoms with Crippen molar-refractivity contribution >= 4 is 44.9 Å². The number of aliphatic carboxylic acids is 1. The molecule has 0 spiro atoms. The van der Waals surface area contributed by atoms with Gasteiger partial charge in [-0.05, 0) is 56.0 Å². The lowest BCUT2D eigenvalue weighted by Crippen LogP contribution is -2.36. The summed E-state index contributed by atoms with van der Waals surface area (Å²) in [7, 11) is 0. The van der Waals surface area contributed by atoms with Crippen LogP contribution in [0.1, 0.15) is 24.6 Å². The van der Waals surface area contributed by atoms with Gasteiger partial charge < -0.3 is 14.7 Å². The molecule has 28 heavy (non-hydrogen) atoms. The minimum atomic E-state index is -0.838. The van der Waals surface area contributed by atoms with Crippen molar-refractivity contribution in [3.8, 4) is 16.9 Å². The number of anilines is 1. The molecule has 1 atom stereocenters. The van der Waals surface area contributed by atoms with Crippen molar-refractivity contribution in [3.05, 3.63) is 34.4 Å². The van der Waals surface area contributed by atoms with E-state index in [-0.39, 0.29) is 5.28 Å². The third-order valence-corrected chi connectivity index (χ3v) is 6.11. The molecule has 146 valence electrons. The minimum absolute atomic E-state index is 0.137. The van der Waals surface area contributed by atoms with Gasteiger partial charge in [-0.15, -0.1) is 11.3 Å². The van der Waals surface area contributed by atoms with Gasteiger partial charge in [0.05, 0.1) is 12.0 Å². The Hall–Kier alpha value is -2.38. The van der Waals surface area contributed by atoms with Gasteiger partial charge in [0.1, 0.15) is 22.4 Å². The van der Waals surface area contributed by atoms with Crippen LogP contribution in [0.15, 0.2) is 24.3 Å². The summed E-state index contributed by atoms with van der Waals surface area (Å²) in [5, 5.41) is 10.6. The fourth-order valence-electron chi connectivity index (χ4n) is 3.79. The maximum absolute atomic E-state index is 11.7. The number of hydrogen-bond acceptors (Lipinski definition) is 6. The first kappa shape index (κ1) is 19.0. The summed E-state index contributed by atoms with van der Waals surface area (Å²) < 4.78 is 5.54. The van der Waals surface area contributed by atoms with Gasteiger partial charge in [-0.25, -0.2) is 9.78 Å². The maximum Gasteiger partial charge on any atom is 0.326 e. The summed E-state index contributed by atoms with van der Waals surface area (Å²) in [6, 6.07) is 7.30. The summed E-state index contributed by atoms with van der Waals surface area (Å²) in [6.07, 6.45) is 1.40. The van der Waals surface area contributed by atoms with Gasteiger partial charge in [0.15, 0.2) is 0 Å². The highest BCUT2D eigenvalue weighted by Gasteiger charge is 2.34. The van der Waals surface area contributed by atoms with E-state index in [1.54, 1.807) is 11.3 Å². The Labute approximate surface area is 171 Å². The zero-order valence-corrected chi connectivity index (χ0v) is 17.2. The average Bonchev–Trinajstić information content (AvgIpc) is 3.26. The Morgan fingerprint density at radius 3 is 2.79 bits per heavy atom. The van der Waals surface area contributed by atoms with Crippen LogP contribution < -0.4 is 9.64 Å². The second-order valence-electron chi connectivity index (χ2n) is 6.68. The van der Waals surface area contributed by atoms with E-state index in [1.165, 1.54) is 0 Å². The monoisotopic (exact) mass is 417 g/mol. The maximum atomic E-state index is 11.7. The van der Waals surface area contributed by atoms with Gasteiger partial charge in [-0.1, -0.05) is 12.1 Å². The number of rotatable bonds is 5. The lowest BCUT2D eigenvalue weighted by molar-refractivity contribution is -0.138. The van der Waals surface area contributed by atoms with Crippen LogP contribution in [-0.4, -0.2) is 40.2 Å². The molecular formula is C20H20ClN3O3S. The number of nitrogens with zero attached hydrogens (tertiary/aromatic N) is 3. The summed E-state index contributed by atoms with van der Waals surface area (Å²) in [4.78, 5) is 24.3. The molecule has 6 nitrogen and oxygen atoms in total. The van der Waals surface area contributed by atoms with E-state index in [0.29, 0.717) is 25.4 Å². The van der Waals surface area contributed by atoms with Crippen LogP contribution in [0.3, 0.4) is 0 Å². The number of carboxylic acid groups (broad SMARTS) is 1. The number of hydrogen-bond donors (Lipinski definition) is 1. The van der Waals surface area contributed by atoms with Crippen molar-refractivity contribution in [1.29, 1.82) is 0 Å². The molecule has 0 saturated carbocycles. The molecule has 1 unspecified atom stereocenters. The number of thiophene rings is 1. The average molecular weight is 418 g/mol. The van der Waals surface area contributed by atoms with Crippen LogP contribution in [0.25, 0.3) is 21.3 Å². The highest BCUT2D eigenvalue weighted by Crippen LogP contribution is 2.43. The van der Waals surface area contributed by atoms with E-state index < -0.39 is 12.0 Å². The van der Waals surface area contributed by atoms with Crippen molar-refractivity contribution < 1.29 is 14.6 Å². The number of aryl methyl sites for hydroxylation is 1. The van der Waals surface area contributed by atoms with E-state index in [0.717, 1.165) is 38.4 Å². The third kappa shape index (κ3) is 3.29. The molecule has 0 amide bonds. The third-order valence-electron chi connectivity index (χ3n) is 4.95. The van der Waals surface area contributed by atoms with Crippen molar-refractivity contribution in [1.82, 2.24) is 9.97 Å². The molecule has 0 bridgehead atoms. The van der Waals surface area contributed by atoms with Crippen LogP contribution in [0.2, 0.25) is 5.28 Å². The fraction of sp³-hybridized carbons (Fsp3) is 0.350. The van der Waals surface area contributed by atoms with Gasteiger partial charge >= 0.3 is 5.97 Å². The van der Waals surface area contributed by atoms with Gasteiger partial charge in [-0.2, -0.15) is 4.98 Å². The molecule has 0 aliphatic carbocycles. The van der Waals surface area contributed by atoms with Crippen LogP contribution in [-0.2, 0) is 4.79 Å². The smallest absolute Gasteiger partial charge is 0.326 e. The molecule has 8 heteroatoms. The molecule has 0 radical (unpaired) electrons. The topological polar surface area (TPSA) is 75.6 Å². The standard InChI is InChI=1S/C20H20ClN3O3S/c1-3-27-13-8-6-12(7-9-13)15-11(2)28-18-16(15)17(22-20(21)23-18)24-10-4-5-14(24)19(25)26/h6-9,14H,3-5,10H2,1-2H3,(H,25,26). The van der Waals surface area contributed by atoms with Crippen LogP contribution in [0, 0.1) is 6.92 Å². The predicted octanol–water partition coefficient (Wildman–Crippen LogP) is 4.77. The number of fused-ring (bicyclic) bond motifs is 1. The Morgan fingerprint density at radius 2 is 2.11 bits per heavy atom. The molecule has 3 aromatic rings. The second kappa shape index (κ2) is 7.56. The van der Waals surface area contributed by atoms with Crippen molar-refractivity contribution in [2.45, 2.75) is 32.7 Å². The van der Waals surface area contributed by atoms with E-state index >= 15 is 0 Å². The van der Waals surface area contributed by atoms with E-state index in [2.05, 4.69) is 9.97 Å². The number of carboxylic acids is 1. The second-order valence-corrected chi connectivity index (χ2v) is 8.22. The normalized spacial score (nSPS) is 16.7. The quantitative estimate of drug-likeness (QED) is 0.602. The lowest BCUT2D eigenvalue weighted by atomic mass is 10.0. The minimum Gasteiger partial charge on any atom is -0.494 e. The zero-order chi connectivity index (χ0) is 19.8. The summed E-state index contributed by atoms with van der Waals surface area (Å²) in [5.74, 6) is 0.580. The summed E-state index contributed by atoms with van der Waals surface area (Å²) in [5.41, 5.74) is 2.04. The first-order chi connectivity index (χ1) is 13.5. The van der Waals surface area contributed by atoms with E-state index in [1.807, 2.05) is 43.0 Å². The number of benzene rings is 1. The van der Waals surface area contributed by atoms with Crippen molar-refractivity contribution in [2.75, 3.05) is 18.1 Å². The largest absolute Gasteiger partial charge is 0.494 e. The molecule has 2 aromatic heterocycles. The fourth-order valence-corrected chi connectivity index (χ4v) is 5.04. The first-order valence-corrected chi connectivity index (χ1v) is 10.4. The number of aromatic nitrogens is 2. The van der Waals surface area contributed by atoms with E-state index in [9.17, 15) is 9.90 Å². The lowest BCUT2D eigenvalue weighted by Gasteiger charge is -2.23. The molecule has 4 rings (SSSR count). The van der Waals surface area contributed by atoms with E-state index in [4.69, 9.17) is 16.3 Å². The molecule has 1 aromatic carbocycles. The molecule has 1 aliphatic heterocycles.